The van der Waals surface area contributed by atoms with E-state index >= 15 is 0 Å². The van der Waals surface area contributed by atoms with E-state index in [0.717, 1.165) is 40.6 Å². The van der Waals surface area contributed by atoms with Crippen molar-refractivity contribution in [3.05, 3.63) is 45.4 Å². The molecule has 0 aliphatic heterocycles. The fourth-order valence-corrected chi connectivity index (χ4v) is 3.20. The van der Waals surface area contributed by atoms with Crippen molar-refractivity contribution >= 4 is 17.3 Å². The lowest BCUT2D eigenvalue weighted by Crippen LogP contribution is -1.99. The van der Waals surface area contributed by atoms with E-state index in [4.69, 9.17) is 9.84 Å². The maximum atomic E-state index is 10.7. The van der Waals surface area contributed by atoms with Crippen molar-refractivity contribution in [1.82, 2.24) is 4.98 Å². The molecule has 1 heterocycles. The number of carbonyl (C=O) groups is 1. The highest BCUT2D eigenvalue weighted by Gasteiger charge is 2.10. The summed E-state index contributed by atoms with van der Waals surface area (Å²) in [5.74, 6) is 0.101. The van der Waals surface area contributed by atoms with Crippen LogP contribution in [0.25, 0.3) is 0 Å². The number of carboxylic acids is 1. The van der Waals surface area contributed by atoms with Crippen LogP contribution in [0.3, 0.4) is 0 Å². The van der Waals surface area contributed by atoms with Crippen LogP contribution in [0.1, 0.15) is 34.0 Å². The maximum absolute atomic E-state index is 10.7. The number of aromatic nitrogens is 1. The third kappa shape index (κ3) is 5.15. The van der Waals surface area contributed by atoms with Crippen LogP contribution in [0.15, 0.2) is 24.3 Å². The van der Waals surface area contributed by atoms with E-state index in [1.165, 1.54) is 16.9 Å². The van der Waals surface area contributed by atoms with Crippen molar-refractivity contribution in [3.63, 3.8) is 0 Å². The minimum atomic E-state index is -0.801. The van der Waals surface area contributed by atoms with E-state index in [1.54, 1.807) is 0 Å². The van der Waals surface area contributed by atoms with Crippen molar-refractivity contribution in [2.24, 2.45) is 0 Å². The number of carboxylic acid groups (broad SMARTS) is 1. The zero-order valence-electron chi connectivity index (χ0n) is 13.0. The second-order valence-corrected chi connectivity index (χ2v) is 6.47. The van der Waals surface area contributed by atoms with Crippen molar-refractivity contribution in [3.8, 4) is 5.75 Å². The van der Waals surface area contributed by atoms with E-state index in [-0.39, 0.29) is 6.42 Å². The van der Waals surface area contributed by atoms with Gasteiger partial charge < -0.3 is 9.84 Å². The highest BCUT2D eigenvalue weighted by atomic mass is 32.1. The quantitative estimate of drug-likeness (QED) is 0.752. The van der Waals surface area contributed by atoms with Crippen LogP contribution in [-0.2, 0) is 17.6 Å². The summed E-state index contributed by atoms with van der Waals surface area (Å²) in [4.78, 5) is 16.1. The van der Waals surface area contributed by atoms with Gasteiger partial charge in [-0.05, 0) is 45.2 Å². The van der Waals surface area contributed by atoms with Crippen molar-refractivity contribution < 1.29 is 14.6 Å². The molecule has 0 atom stereocenters. The predicted octanol–water partition coefficient (Wildman–Crippen LogP) is 3.79. The molecule has 0 bridgehead atoms. The topological polar surface area (TPSA) is 59.4 Å². The number of rotatable bonds is 8. The number of unbranched alkanes of at least 4 members (excludes halogenated alkanes) is 1. The Bertz CT molecular complexity index is 619. The molecule has 0 unspecified atom stereocenters. The van der Waals surface area contributed by atoms with E-state index in [2.05, 4.69) is 11.9 Å². The molecule has 0 radical (unpaired) electrons. The number of benzene rings is 1. The lowest BCUT2D eigenvalue weighted by atomic mass is 10.2. The Morgan fingerprint density at radius 1 is 1.23 bits per heavy atom. The zero-order chi connectivity index (χ0) is 15.9. The van der Waals surface area contributed by atoms with Crippen molar-refractivity contribution in [1.29, 1.82) is 0 Å². The van der Waals surface area contributed by atoms with Crippen LogP contribution in [0.2, 0.25) is 0 Å². The molecule has 1 aromatic carbocycles. The third-order valence-corrected chi connectivity index (χ3v) is 4.54. The first-order chi connectivity index (χ1) is 10.5. The predicted molar refractivity (Wildman–Crippen MR) is 87.8 cm³/mol. The number of aliphatic carboxylic acids is 1. The fraction of sp³-hybridized carbons (Fsp3) is 0.412. The molecule has 118 valence electrons. The molecule has 2 rings (SSSR count). The first kappa shape index (κ1) is 16.5. The summed E-state index contributed by atoms with van der Waals surface area (Å²) in [7, 11) is 0. The summed E-state index contributed by atoms with van der Waals surface area (Å²) in [5.41, 5.74) is 2.07. The Labute approximate surface area is 134 Å². The van der Waals surface area contributed by atoms with E-state index in [1.807, 2.05) is 31.2 Å². The van der Waals surface area contributed by atoms with Gasteiger partial charge in [-0.25, -0.2) is 4.98 Å². The van der Waals surface area contributed by atoms with Gasteiger partial charge in [0.05, 0.1) is 23.7 Å². The standard InChI is InChI=1S/C17H21NO3S/c1-12-6-8-14(9-7-12)21-10-4-3-5-16-18-13(2)15(22-16)11-17(19)20/h6-9H,3-5,10-11H2,1-2H3,(H,19,20). The van der Waals surface area contributed by atoms with Crippen LogP contribution < -0.4 is 4.74 Å². The Balaban J connectivity index is 1.70. The highest BCUT2D eigenvalue weighted by Crippen LogP contribution is 2.20. The Kier molecular flexibility index (Phi) is 5.95. The minimum absolute atomic E-state index is 0.0695. The largest absolute Gasteiger partial charge is 0.494 e. The minimum Gasteiger partial charge on any atom is -0.494 e. The van der Waals surface area contributed by atoms with Gasteiger partial charge in [0.25, 0.3) is 0 Å². The molecule has 0 saturated heterocycles. The van der Waals surface area contributed by atoms with Crippen LogP contribution in [0, 0.1) is 13.8 Å². The summed E-state index contributed by atoms with van der Waals surface area (Å²) in [6.45, 7) is 4.62. The summed E-state index contributed by atoms with van der Waals surface area (Å²) in [5, 5.41) is 9.85. The molecule has 22 heavy (non-hydrogen) atoms. The third-order valence-electron chi connectivity index (χ3n) is 3.32. The molecule has 2 aromatic rings. The molecular formula is C17H21NO3S. The van der Waals surface area contributed by atoms with Gasteiger partial charge in [0.15, 0.2) is 0 Å². The molecule has 0 amide bonds. The highest BCUT2D eigenvalue weighted by molar-refractivity contribution is 7.11. The fourth-order valence-electron chi connectivity index (χ4n) is 2.10. The first-order valence-corrected chi connectivity index (χ1v) is 8.22. The molecule has 4 nitrogen and oxygen atoms in total. The molecular weight excluding hydrogens is 298 g/mol. The van der Waals surface area contributed by atoms with E-state index in [0.29, 0.717) is 6.61 Å². The van der Waals surface area contributed by atoms with Crippen LogP contribution >= 0.6 is 11.3 Å². The zero-order valence-corrected chi connectivity index (χ0v) is 13.8. The van der Waals surface area contributed by atoms with Gasteiger partial charge in [-0.1, -0.05) is 17.7 Å². The van der Waals surface area contributed by atoms with Gasteiger partial charge in [0.2, 0.25) is 0 Å². The van der Waals surface area contributed by atoms with Gasteiger partial charge in [0.1, 0.15) is 5.75 Å². The molecule has 5 heteroatoms. The van der Waals surface area contributed by atoms with Gasteiger partial charge in [-0.2, -0.15) is 0 Å². The summed E-state index contributed by atoms with van der Waals surface area (Å²) in [6, 6.07) is 8.05. The van der Waals surface area contributed by atoms with Gasteiger partial charge in [0, 0.05) is 4.88 Å². The van der Waals surface area contributed by atoms with E-state index in [9.17, 15) is 4.79 Å². The van der Waals surface area contributed by atoms with Crippen molar-refractivity contribution in [2.45, 2.75) is 39.5 Å². The monoisotopic (exact) mass is 319 g/mol. The van der Waals surface area contributed by atoms with Gasteiger partial charge >= 0.3 is 5.97 Å². The Hall–Kier alpha value is -1.88. The van der Waals surface area contributed by atoms with Gasteiger partial charge in [-0.15, -0.1) is 11.3 Å². The Morgan fingerprint density at radius 3 is 2.64 bits per heavy atom. The van der Waals surface area contributed by atoms with Crippen LogP contribution in [-0.4, -0.2) is 22.7 Å². The van der Waals surface area contributed by atoms with Crippen molar-refractivity contribution in [2.75, 3.05) is 6.61 Å². The summed E-state index contributed by atoms with van der Waals surface area (Å²) >= 11 is 1.51. The average molecular weight is 319 g/mol. The number of thiazole rings is 1. The lowest BCUT2D eigenvalue weighted by Gasteiger charge is -2.05. The number of ether oxygens (including phenoxy) is 1. The number of nitrogens with zero attached hydrogens (tertiary/aromatic N) is 1. The van der Waals surface area contributed by atoms with Gasteiger partial charge in [-0.3, -0.25) is 4.79 Å². The maximum Gasteiger partial charge on any atom is 0.308 e. The Morgan fingerprint density at radius 2 is 1.95 bits per heavy atom. The number of hydrogen-bond donors (Lipinski definition) is 1. The van der Waals surface area contributed by atoms with E-state index < -0.39 is 5.97 Å². The lowest BCUT2D eigenvalue weighted by molar-refractivity contribution is -0.136. The van der Waals surface area contributed by atoms with Crippen LogP contribution in [0.5, 0.6) is 5.75 Å². The first-order valence-electron chi connectivity index (χ1n) is 7.41. The second kappa shape index (κ2) is 7.94. The normalized spacial score (nSPS) is 10.6. The summed E-state index contributed by atoms with van der Waals surface area (Å²) in [6.07, 6.45) is 2.90. The average Bonchev–Trinajstić information content (AvgIpc) is 2.80. The molecule has 0 spiro atoms. The number of aryl methyl sites for hydroxylation is 3. The molecule has 1 N–H and O–H groups in total. The number of hydrogen-bond acceptors (Lipinski definition) is 4. The molecule has 0 aliphatic carbocycles. The molecule has 1 aromatic heterocycles. The summed E-state index contributed by atoms with van der Waals surface area (Å²) < 4.78 is 5.69. The van der Waals surface area contributed by atoms with Crippen LogP contribution in [0.4, 0.5) is 0 Å². The second-order valence-electron chi connectivity index (χ2n) is 5.31. The molecule has 0 fully saturated rings. The molecule has 0 aliphatic rings. The SMILES string of the molecule is Cc1ccc(OCCCCc2nc(C)c(CC(=O)O)s2)cc1. The smallest absolute Gasteiger partial charge is 0.308 e. The molecule has 0 saturated carbocycles.